The Labute approximate surface area is 133 Å². The summed E-state index contributed by atoms with van der Waals surface area (Å²) in [6.07, 6.45) is 2.97. The van der Waals surface area contributed by atoms with Gasteiger partial charge in [0.2, 0.25) is 0 Å². The molecule has 0 bridgehead atoms. The van der Waals surface area contributed by atoms with Crippen molar-refractivity contribution < 1.29 is 14.3 Å². The van der Waals surface area contributed by atoms with Crippen molar-refractivity contribution in [3.05, 3.63) is 52.5 Å². The molecule has 0 radical (unpaired) electrons. The minimum Gasteiger partial charge on any atom is -0.376 e. The summed E-state index contributed by atoms with van der Waals surface area (Å²) < 4.78 is 10.9. The number of aromatic nitrogens is 1. The van der Waals surface area contributed by atoms with Crippen molar-refractivity contribution in [1.29, 1.82) is 0 Å². The maximum atomic E-state index is 12.7. The third-order valence-corrected chi connectivity index (χ3v) is 4.31. The van der Waals surface area contributed by atoms with Crippen LogP contribution in [0.1, 0.15) is 10.4 Å². The number of carbonyl (C=O) groups is 1. The summed E-state index contributed by atoms with van der Waals surface area (Å²) >= 11 is 1.65. The highest BCUT2D eigenvalue weighted by Gasteiger charge is 2.28. The molecule has 0 aromatic carbocycles. The van der Waals surface area contributed by atoms with Gasteiger partial charge in [0.1, 0.15) is 0 Å². The molecule has 3 heterocycles. The molecule has 1 saturated heterocycles. The maximum absolute atomic E-state index is 12.7. The van der Waals surface area contributed by atoms with E-state index in [0.717, 1.165) is 10.4 Å². The molecule has 3 rings (SSSR count). The van der Waals surface area contributed by atoms with Gasteiger partial charge in [0, 0.05) is 23.8 Å². The second-order valence-electron chi connectivity index (χ2n) is 5.06. The smallest absolute Gasteiger partial charge is 0.254 e. The fourth-order valence-corrected chi connectivity index (χ4v) is 3.06. The lowest BCUT2D eigenvalue weighted by atomic mass is 10.2. The van der Waals surface area contributed by atoms with Crippen LogP contribution in [0.25, 0.3) is 0 Å². The minimum atomic E-state index is -0.504. The Hall–Kier alpha value is -1.76. The predicted molar refractivity (Wildman–Crippen MR) is 83.4 cm³/mol. The van der Waals surface area contributed by atoms with Gasteiger partial charge < -0.3 is 14.4 Å². The first-order valence-corrected chi connectivity index (χ1v) is 8.10. The number of nitrogens with zero attached hydrogens (tertiary/aromatic N) is 2. The van der Waals surface area contributed by atoms with Gasteiger partial charge in [-0.15, -0.1) is 11.3 Å². The van der Waals surface area contributed by atoms with E-state index in [9.17, 15) is 4.79 Å². The van der Waals surface area contributed by atoms with Gasteiger partial charge in [0.25, 0.3) is 5.91 Å². The molecule has 0 aliphatic carbocycles. The Balaban J connectivity index is 1.74. The van der Waals surface area contributed by atoms with Gasteiger partial charge in [-0.25, -0.2) is 0 Å². The van der Waals surface area contributed by atoms with Crippen molar-refractivity contribution in [3.8, 4) is 0 Å². The summed E-state index contributed by atoms with van der Waals surface area (Å²) in [6, 6.07) is 7.88. The molecule has 1 aliphatic rings. The second kappa shape index (κ2) is 7.49. The molecule has 1 unspecified atom stereocenters. The normalized spacial score (nSPS) is 18.1. The van der Waals surface area contributed by atoms with Crippen LogP contribution < -0.4 is 0 Å². The third kappa shape index (κ3) is 3.91. The van der Waals surface area contributed by atoms with Gasteiger partial charge in [-0.2, -0.15) is 0 Å². The van der Waals surface area contributed by atoms with E-state index in [1.165, 1.54) is 0 Å². The zero-order valence-corrected chi connectivity index (χ0v) is 13.0. The summed E-state index contributed by atoms with van der Waals surface area (Å²) in [4.78, 5) is 19.7. The minimum absolute atomic E-state index is 0.0232. The molecule has 2 aromatic heterocycles. The molecule has 0 N–H and O–H groups in total. The van der Waals surface area contributed by atoms with Crippen LogP contribution in [0.5, 0.6) is 0 Å². The lowest BCUT2D eigenvalue weighted by Gasteiger charge is -2.29. The van der Waals surface area contributed by atoms with E-state index in [0.29, 0.717) is 32.9 Å². The van der Waals surface area contributed by atoms with Crippen LogP contribution in [-0.4, -0.2) is 41.7 Å². The molecule has 5 nitrogen and oxygen atoms in total. The van der Waals surface area contributed by atoms with E-state index in [1.54, 1.807) is 23.7 Å². The van der Waals surface area contributed by atoms with Crippen molar-refractivity contribution in [2.75, 3.05) is 19.8 Å². The van der Waals surface area contributed by atoms with Crippen LogP contribution in [0, 0.1) is 0 Å². The first-order chi connectivity index (χ1) is 10.8. The predicted octanol–water partition coefficient (Wildman–Crippen LogP) is 2.09. The zero-order valence-electron chi connectivity index (χ0n) is 12.2. The van der Waals surface area contributed by atoms with Crippen LogP contribution in [0.4, 0.5) is 0 Å². The molecular formula is C16H18N2O3S. The van der Waals surface area contributed by atoms with Crippen molar-refractivity contribution in [2.45, 2.75) is 19.2 Å². The van der Waals surface area contributed by atoms with E-state index in [2.05, 4.69) is 4.98 Å². The first-order valence-electron chi connectivity index (χ1n) is 7.22. The summed E-state index contributed by atoms with van der Waals surface area (Å²) in [5.41, 5.74) is 1.05. The van der Waals surface area contributed by atoms with Gasteiger partial charge in [0.05, 0.1) is 26.4 Å². The number of ether oxygens (including phenoxy) is 2. The Morgan fingerprint density at radius 2 is 2.14 bits per heavy atom. The Kier molecular flexibility index (Phi) is 5.15. The van der Waals surface area contributed by atoms with Crippen LogP contribution >= 0.6 is 11.3 Å². The summed E-state index contributed by atoms with van der Waals surface area (Å²) in [5.74, 6) is -0.0232. The number of amides is 1. The summed E-state index contributed by atoms with van der Waals surface area (Å²) in [7, 11) is 0. The first kappa shape index (κ1) is 15.1. The van der Waals surface area contributed by atoms with Gasteiger partial charge in [0.15, 0.2) is 6.10 Å². The van der Waals surface area contributed by atoms with Crippen molar-refractivity contribution >= 4 is 17.2 Å². The fraction of sp³-hybridized carbons (Fsp3) is 0.375. The molecule has 0 spiro atoms. The van der Waals surface area contributed by atoms with E-state index in [4.69, 9.17) is 9.47 Å². The molecule has 2 aromatic rings. The van der Waals surface area contributed by atoms with Gasteiger partial charge in [-0.1, -0.05) is 6.07 Å². The number of hydrogen-bond donors (Lipinski definition) is 0. The van der Waals surface area contributed by atoms with Crippen LogP contribution in [0.2, 0.25) is 0 Å². The van der Waals surface area contributed by atoms with Crippen LogP contribution in [0.3, 0.4) is 0 Å². The Bertz CT molecular complexity index is 583. The molecule has 1 aliphatic heterocycles. The molecule has 1 atom stereocenters. The number of thiophene rings is 1. The average Bonchev–Trinajstić information content (AvgIpc) is 3.08. The molecule has 22 heavy (non-hydrogen) atoms. The van der Waals surface area contributed by atoms with E-state index in [1.807, 2.05) is 34.5 Å². The van der Waals surface area contributed by atoms with Crippen molar-refractivity contribution in [1.82, 2.24) is 9.88 Å². The van der Waals surface area contributed by atoms with Crippen LogP contribution in [-0.2, 0) is 27.4 Å². The van der Waals surface area contributed by atoms with E-state index >= 15 is 0 Å². The zero-order chi connectivity index (χ0) is 15.2. The summed E-state index contributed by atoms with van der Waals surface area (Å²) in [6.45, 7) is 2.48. The number of pyridine rings is 1. The van der Waals surface area contributed by atoms with Crippen molar-refractivity contribution in [3.63, 3.8) is 0 Å². The Morgan fingerprint density at radius 3 is 2.82 bits per heavy atom. The molecule has 1 amide bonds. The molecular weight excluding hydrogens is 300 g/mol. The molecule has 6 heteroatoms. The monoisotopic (exact) mass is 318 g/mol. The summed E-state index contributed by atoms with van der Waals surface area (Å²) in [5, 5.41) is 2.02. The van der Waals surface area contributed by atoms with Gasteiger partial charge in [-0.3, -0.25) is 9.78 Å². The van der Waals surface area contributed by atoms with Gasteiger partial charge >= 0.3 is 0 Å². The average molecular weight is 318 g/mol. The lowest BCUT2D eigenvalue weighted by molar-refractivity contribution is -0.159. The topological polar surface area (TPSA) is 51.7 Å². The van der Waals surface area contributed by atoms with E-state index in [-0.39, 0.29) is 5.91 Å². The molecule has 116 valence electrons. The lowest BCUT2D eigenvalue weighted by Crippen LogP contribution is -2.44. The number of rotatable bonds is 5. The second-order valence-corrected chi connectivity index (χ2v) is 6.10. The molecule has 1 fully saturated rings. The number of hydrogen-bond acceptors (Lipinski definition) is 5. The third-order valence-electron chi connectivity index (χ3n) is 3.45. The highest BCUT2D eigenvalue weighted by Crippen LogP contribution is 2.17. The van der Waals surface area contributed by atoms with Crippen molar-refractivity contribution in [2.24, 2.45) is 0 Å². The maximum Gasteiger partial charge on any atom is 0.254 e. The standard InChI is InChI=1S/C16H18N2O3S/c19-16(15-12-20-7-8-21-15)18(11-14-2-1-9-22-14)10-13-3-5-17-6-4-13/h1-6,9,15H,7-8,10-12H2. The number of carbonyl (C=O) groups excluding carboxylic acids is 1. The quantitative estimate of drug-likeness (QED) is 0.847. The SMILES string of the molecule is O=C(C1COCCO1)N(Cc1ccncc1)Cc1cccs1. The van der Waals surface area contributed by atoms with E-state index < -0.39 is 6.10 Å². The van der Waals surface area contributed by atoms with Crippen LogP contribution in [0.15, 0.2) is 42.0 Å². The fourth-order valence-electron chi connectivity index (χ4n) is 2.34. The highest BCUT2D eigenvalue weighted by molar-refractivity contribution is 7.09. The largest absolute Gasteiger partial charge is 0.376 e. The van der Waals surface area contributed by atoms with Gasteiger partial charge in [-0.05, 0) is 29.1 Å². The Morgan fingerprint density at radius 1 is 1.27 bits per heavy atom. The highest BCUT2D eigenvalue weighted by atomic mass is 32.1. The molecule has 0 saturated carbocycles.